The van der Waals surface area contributed by atoms with E-state index in [1.807, 2.05) is 12.1 Å². The van der Waals surface area contributed by atoms with Crippen LogP contribution in [0.1, 0.15) is 24.0 Å². The molecule has 2 aromatic rings. The molecule has 0 spiro atoms. The van der Waals surface area contributed by atoms with Crippen molar-refractivity contribution in [3.05, 3.63) is 59.2 Å². The first-order chi connectivity index (χ1) is 15.6. The highest BCUT2D eigenvalue weighted by Gasteiger charge is 2.22. The number of nitrogens with zero attached hydrogens (tertiary/aromatic N) is 2. The number of piperidine rings is 1. The van der Waals surface area contributed by atoms with Crippen molar-refractivity contribution in [3.8, 4) is 17.2 Å². The van der Waals surface area contributed by atoms with Crippen LogP contribution in [-0.2, 0) is 6.42 Å². The average Bonchev–Trinajstić information content (AvgIpc) is 2.83. The zero-order valence-electron chi connectivity index (χ0n) is 19.7. The van der Waals surface area contributed by atoms with Crippen molar-refractivity contribution in [3.63, 3.8) is 0 Å². The van der Waals surface area contributed by atoms with Gasteiger partial charge < -0.3 is 19.1 Å². The number of hydrogen-bond donors (Lipinski definition) is 0. The maximum absolute atomic E-state index is 6.11. The van der Waals surface area contributed by atoms with Gasteiger partial charge in [-0.1, -0.05) is 24.3 Å². The molecule has 172 valence electrons. The van der Waals surface area contributed by atoms with E-state index in [9.17, 15) is 0 Å². The lowest BCUT2D eigenvalue weighted by Crippen LogP contribution is -2.39. The van der Waals surface area contributed by atoms with Crippen LogP contribution in [0.15, 0.2) is 48.0 Å². The Labute approximate surface area is 192 Å². The number of likely N-dealkylation sites (tertiary alicyclic amines) is 1. The van der Waals surface area contributed by atoms with Gasteiger partial charge >= 0.3 is 0 Å². The Balaban J connectivity index is 1.44. The maximum Gasteiger partial charge on any atom is 0.168 e. The fourth-order valence-corrected chi connectivity index (χ4v) is 4.69. The van der Waals surface area contributed by atoms with Gasteiger partial charge in [-0.3, -0.25) is 4.90 Å². The first kappa shape index (κ1) is 22.7. The molecule has 0 aromatic heterocycles. The Kier molecular flexibility index (Phi) is 7.72. The van der Waals surface area contributed by atoms with Gasteiger partial charge in [0.2, 0.25) is 0 Å². The molecule has 2 aromatic carbocycles. The monoisotopic (exact) mass is 436 g/mol. The summed E-state index contributed by atoms with van der Waals surface area (Å²) in [6, 6.07) is 14.6. The van der Waals surface area contributed by atoms with E-state index >= 15 is 0 Å². The SMILES string of the molecule is COc1ccc(CCN(CC2=Cc3cccc(OC)c3OC2)CC2CCN(C)CC2)cc1. The summed E-state index contributed by atoms with van der Waals surface area (Å²) in [5.74, 6) is 3.34. The molecular formula is C27H36N2O3. The molecule has 0 bridgehead atoms. The van der Waals surface area contributed by atoms with Crippen LogP contribution >= 0.6 is 0 Å². The molecule has 32 heavy (non-hydrogen) atoms. The summed E-state index contributed by atoms with van der Waals surface area (Å²) in [6.07, 6.45) is 5.89. The molecule has 0 radical (unpaired) electrons. The first-order valence-corrected chi connectivity index (χ1v) is 11.7. The van der Waals surface area contributed by atoms with Crippen LogP contribution in [0.3, 0.4) is 0 Å². The van der Waals surface area contributed by atoms with Crippen molar-refractivity contribution in [2.24, 2.45) is 5.92 Å². The number of rotatable bonds is 9. The molecule has 1 fully saturated rings. The van der Waals surface area contributed by atoms with Gasteiger partial charge in [0.1, 0.15) is 12.4 Å². The van der Waals surface area contributed by atoms with Crippen LogP contribution < -0.4 is 14.2 Å². The van der Waals surface area contributed by atoms with E-state index in [1.165, 1.54) is 37.1 Å². The van der Waals surface area contributed by atoms with Gasteiger partial charge in [-0.25, -0.2) is 0 Å². The quantitative estimate of drug-likeness (QED) is 0.583. The molecule has 1 saturated heterocycles. The highest BCUT2D eigenvalue weighted by atomic mass is 16.5. The van der Waals surface area contributed by atoms with Crippen LogP contribution in [0.5, 0.6) is 17.2 Å². The Bertz CT molecular complexity index is 902. The van der Waals surface area contributed by atoms with Gasteiger partial charge in [0.25, 0.3) is 0 Å². The van der Waals surface area contributed by atoms with Crippen molar-refractivity contribution in [1.82, 2.24) is 9.80 Å². The normalized spacial score (nSPS) is 16.9. The smallest absolute Gasteiger partial charge is 0.168 e. The molecule has 0 N–H and O–H groups in total. The first-order valence-electron chi connectivity index (χ1n) is 11.7. The fourth-order valence-electron chi connectivity index (χ4n) is 4.69. The summed E-state index contributed by atoms with van der Waals surface area (Å²) in [5.41, 5.74) is 3.79. The largest absolute Gasteiger partial charge is 0.497 e. The van der Waals surface area contributed by atoms with Crippen molar-refractivity contribution in [2.75, 3.05) is 60.6 Å². The van der Waals surface area contributed by atoms with E-state index in [2.05, 4.69) is 53.3 Å². The minimum absolute atomic E-state index is 0.625. The molecule has 2 aliphatic heterocycles. The molecule has 4 rings (SSSR count). The summed E-state index contributed by atoms with van der Waals surface area (Å²) in [5, 5.41) is 0. The van der Waals surface area contributed by atoms with Gasteiger partial charge in [-0.05, 0) is 80.7 Å². The molecular weight excluding hydrogens is 400 g/mol. The number of fused-ring (bicyclic) bond motifs is 1. The standard InChI is InChI=1S/C27H36N2O3/c1-28-14-11-22(12-15-28)18-29(16-13-21-7-9-25(30-2)10-8-21)19-23-17-24-5-4-6-26(31-3)27(24)32-20-23/h4-10,17,22H,11-16,18-20H2,1-3H3. The summed E-state index contributed by atoms with van der Waals surface area (Å²) >= 11 is 0. The highest BCUT2D eigenvalue weighted by molar-refractivity contribution is 5.66. The molecule has 5 heteroatoms. The predicted molar refractivity (Wildman–Crippen MR) is 130 cm³/mol. The minimum Gasteiger partial charge on any atom is -0.497 e. The van der Waals surface area contributed by atoms with E-state index in [0.29, 0.717) is 6.61 Å². The Morgan fingerprint density at radius 2 is 1.81 bits per heavy atom. The van der Waals surface area contributed by atoms with Crippen molar-refractivity contribution in [1.29, 1.82) is 0 Å². The van der Waals surface area contributed by atoms with Crippen LogP contribution in [0, 0.1) is 5.92 Å². The number of hydrogen-bond acceptors (Lipinski definition) is 5. The van der Waals surface area contributed by atoms with E-state index in [0.717, 1.165) is 54.8 Å². The topological polar surface area (TPSA) is 34.2 Å². The molecule has 2 heterocycles. The summed E-state index contributed by atoms with van der Waals surface area (Å²) in [7, 11) is 5.64. The van der Waals surface area contributed by atoms with E-state index in [-0.39, 0.29) is 0 Å². The molecule has 0 saturated carbocycles. The Hall–Kier alpha value is -2.50. The maximum atomic E-state index is 6.11. The summed E-state index contributed by atoms with van der Waals surface area (Å²) in [6.45, 7) is 6.16. The van der Waals surface area contributed by atoms with Gasteiger partial charge in [0.15, 0.2) is 11.5 Å². The van der Waals surface area contributed by atoms with Gasteiger partial charge in [0.05, 0.1) is 14.2 Å². The van der Waals surface area contributed by atoms with Gasteiger partial charge in [0, 0.05) is 25.2 Å². The van der Waals surface area contributed by atoms with Crippen molar-refractivity contribution in [2.45, 2.75) is 19.3 Å². The second kappa shape index (κ2) is 10.9. The van der Waals surface area contributed by atoms with Crippen LogP contribution in [0.4, 0.5) is 0 Å². The fraction of sp³-hybridized carbons (Fsp3) is 0.481. The van der Waals surface area contributed by atoms with Crippen molar-refractivity contribution >= 4 is 6.08 Å². The predicted octanol–water partition coefficient (Wildman–Crippen LogP) is 4.37. The third kappa shape index (κ3) is 5.84. The Morgan fingerprint density at radius 3 is 2.53 bits per heavy atom. The second-order valence-electron chi connectivity index (χ2n) is 9.05. The molecule has 0 aliphatic carbocycles. The number of ether oxygens (including phenoxy) is 3. The zero-order chi connectivity index (χ0) is 22.3. The van der Waals surface area contributed by atoms with Crippen LogP contribution in [0.25, 0.3) is 6.08 Å². The summed E-state index contributed by atoms with van der Waals surface area (Å²) < 4.78 is 16.9. The van der Waals surface area contributed by atoms with Gasteiger partial charge in [-0.15, -0.1) is 0 Å². The molecule has 5 nitrogen and oxygen atoms in total. The third-order valence-electron chi connectivity index (χ3n) is 6.65. The van der Waals surface area contributed by atoms with Crippen LogP contribution in [-0.4, -0.2) is 70.4 Å². The van der Waals surface area contributed by atoms with Crippen LogP contribution in [0.2, 0.25) is 0 Å². The molecule has 0 amide bonds. The minimum atomic E-state index is 0.625. The lowest BCUT2D eigenvalue weighted by molar-refractivity contribution is 0.165. The Morgan fingerprint density at radius 1 is 1.03 bits per heavy atom. The molecule has 2 aliphatic rings. The molecule has 0 atom stereocenters. The zero-order valence-corrected chi connectivity index (χ0v) is 19.7. The molecule has 0 unspecified atom stereocenters. The summed E-state index contributed by atoms with van der Waals surface area (Å²) in [4.78, 5) is 5.07. The van der Waals surface area contributed by atoms with Gasteiger partial charge in [-0.2, -0.15) is 0 Å². The van der Waals surface area contributed by atoms with Crippen molar-refractivity contribution < 1.29 is 14.2 Å². The lowest BCUT2D eigenvalue weighted by Gasteiger charge is -2.34. The number of benzene rings is 2. The lowest BCUT2D eigenvalue weighted by atomic mass is 9.96. The third-order valence-corrected chi connectivity index (χ3v) is 6.65. The average molecular weight is 437 g/mol. The van der Waals surface area contributed by atoms with E-state index in [4.69, 9.17) is 14.2 Å². The van der Waals surface area contributed by atoms with E-state index in [1.54, 1.807) is 14.2 Å². The number of para-hydroxylation sites is 1. The number of methoxy groups -OCH3 is 2. The second-order valence-corrected chi connectivity index (χ2v) is 9.05. The highest BCUT2D eigenvalue weighted by Crippen LogP contribution is 2.35. The van der Waals surface area contributed by atoms with E-state index < -0.39 is 0 Å².